The number of hydrogen-bond donors (Lipinski definition) is 4. The van der Waals surface area contributed by atoms with E-state index in [1.807, 2.05) is 24.4 Å². The molecule has 1 unspecified atom stereocenters. The molecule has 1 atom stereocenters. The first-order valence-electron chi connectivity index (χ1n) is 10.4. The van der Waals surface area contributed by atoms with Crippen LogP contribution >= 0.6 is 0 Å². The zero-order valence-electron chi connectivity index (χ0n) is 17.1. The zero-order chi connectivity index (χ0) is 21.2. The second-order valence-electron chi connectivity index (χ2n) is 7.60. The van der Waals surface area contributed by atoms with Crippen molar-refractivity contribution >= 4 is 27.6 Å². The molecular weight excluding hydrogens is 390 g/mol. The van der Waals surface area contributed by atoms with Gasteiger partial charge in [0.05, 0.1) is 23.3 Å². The van der Waals surface area contributed by atoms with Crippen LogP contribution in [0.1, 0.15) is 26.2 Å². The summed E-state index contributed by atoms with van der Waals surface area (Å²) in [6, 6.07) is 8.02. The van der Waals surface area contributed by atoms with Gasteiger partial charge in [-0.25, -0.2) is 4.98 Å². The van der Waals surface area contributed by atoms with Crippen molar-refractivity contribution < 1.29 is 5.11 Å². The fourth-order valence-corrected chi connectivity index (χ4v) is 3.71. The topological polar surface area (TPSA) is 115 Å². The summed E-state index contributed by atoms with van der Waals surface area (Å²) >= 11 is 0. The SMILES string of the molecule is CCCCC(O)Nc1cncc(-c2cnc3n[nH]c(-c4cc5cnccc5[nH]4)c3c2)c1. The Balaban J connectivity index is 1.49. The number of rotatable bonds is 7. The Labute approximate surface area is 178 Å². The zero-order valence-corrected chi connectivity index (χ0v) is 17.1. The highest BCUT2D eigenvalue weighted by Gasteiger charge is 2.13. The molecule has 0 radical (unpaired) electrons. The average molecular weight is 413 g/mol. The molecule has 0 aliphatic carbocycles. The highest BCUT2D eigenvalue weighted by Crippen LogP contribution is 2.31. The molecule has 31 heavy (non-hydrogen) atoms. The molecule has 8 heteroatoms. The highest BCUT2D eigenvalue weighted by atomic mass is 16.3. The lowest BCUT2D eigenvalue weighted by atomic mass is 10.1. The summed E-state index contributed by atoms with van der Waals surface area (Å²) in [6.45, 7) is 2.11. The normalized spacial score (nSPS) is 12.5. The van der Waals surface area contributed by atoms with Gasteiger partial charge in [0.2, 0.25) is 0 Å². The lowest BCUT2D eigenvalue weighted by Crippen LogP contribution is -2.18. The van der Waals surface area contributed by atoms with Crippen LogP contribution in [0.4, 0.5) is 5.69 Å². The molecular formula is C23H23N7O. The van der Waals surface area contributed by atoms with Gasteiger partial charge in [-0.05, 0) is 37.1 Å². The summed E-state index contributed by atoms with van der Waals surface area (Å²) in [5.41, 5.74) is 6.07. The lowest BCUT2D eigenvalue weighted by Gasteiger charge is -2.14. The van der Waals surface area contributed by atoms with E-state index in [-0.39, 0.29) is 0 Å². The number of aromatic amines is 2. The molecule has 156 valence electrons. The number of H-pyrrole nitrogens is 2. The molecule has 5 heterocycles. The number of aliphatic hydroxyl groups excluding tert-OH is 1. The summed E-state index contributed by atoms with van der Waals surface area (Å²) in [4.78, 5) is 16.4. The number of nitrogens with one attached hydrogen (secondary N) is 3. The van der Waals surface area contributed by atoms with Crippen LogP contribution in [-0.2, 0) is 0 Å². The van der Waals surface area contributed by atoms with E-state index in [1.54, 1.807) is 24.8 Å². The smallest absolute Gasteiger partial charge is 0.181 e. The van der Waals surface area contributed by atoms with Crippen LogP contribution in [0.25, 0.3) is 44.5 Å². The van der Waals surface area contributed by atoms with Gasteiger partial charge in [-0.3, -0.25) is 15.1 Å². The molecule has 0 fully saturated rings. The first-order valence-corrected chi connectivity index (χ1v) is 10.4. The molecule has 0 aromatic carbocycles. The van der Waals surface area contributed by atoms with Gasteiger partial charge in [0, 0.05) is 52.2 Å². The van der Waals surface area contributed by atoms with Crippen molar-refractivity contribution in [3.8, 4) is 22.5 Å². The molecule has 4 N–H and O–H groups in total. The fourth-order valence-electron chi connectivity index (χ4n) is 3.71. The first kappa shape index (κ1) is 19.2. The minimum Gasteiger partial charge on any atom is -0.374 e. The van der Waals surface area contributed by atoms with E-state index >= 15 is 0 Å². The Morgan fingerprint density at radius 1 is 1.06 bits per heavy atom. The molecule has 0 aliphatic rings. The van der Waals surface area contributed by atoms with Crippen LogP contribution in [0.3, 0.4) is 0 Å². The maximum atomic E-state index is 10.2. The summed E-state index contributed by atoms with van der Waals surface area (Å²) in [5, 5.41) is 22.7. The van der Waals surface area contributed by atoms with E-state index < -0.39 is 6.23 Å². The van der Waals surface area contributed by atoms with Gasteiger partial charge in [-0.1, -0.05) is 13.3 Å². The minimum absolute atomic E-state index is 0.588. The van der Waals surface area contributed by atoms with E-state index in [2.05, 4.69) is 48.4 Å². The fraction of sp³-hybridized carbons (Fsp3) is 0.217. The number of aliphatic hydroxyl groups is 1. The van der Waals surface area contributed by atoms with Gasteiger partial charge in [0.25, 0.3) is 0 Å². The first-order chi connectivity index (χ1) is 15.2. The third-order valence-electron chi connectivity index (χ3n) is 5.34. The monoisotopic (exact) mass is 413 g/mol. The van der Waals surface area contributed by atoms with E-state index in [0.29, 0.717) is 12.1 Å². The number of pyridine rings is 3. The number of nitrogens with zero attached hydrogens (tertiary/aromatic N) is 4. The van der Waals surface area contributed by atoms with Crippen LogP contribution in [0.5, 0.6) is 0 Å². The van der Waals surface area contributed by atoms with Gasteiger partial charge in [0.1, 0.15) is 6.23 Å². The minimum atomic E-state index is -0.588. The number of aromatic nitrogens is 6. The number of fused-ring (bicyclic) bond motifs is 2. The second-order valence-corrected chi connectivity index (χ2v) is 7.60. The summed E-state index contributed by atoms with van der Waals surface area (Å²) in [7, 11) is 0. The summed E-state index contributed by atoms with van der Waals surface area (Å²) < 4.78 is 0. The van der Waals surface area contributed by atoms with Crippen LogP contribution in [0.2, 0.25) is 0 Å². The lowest BCUT2D eigenvalue weighted by molar-refractivity contribution is 0.190. The van der Waals surface area contributed by atoms with Gasteiger partial charge in [-0.15, -0.1) is 0 Å². The van der Waals surface area contributed by atoms with Crippen molar-refractivity contribution in [1.29, 1.82) is 0 Å². The average Bonchev–Trinajstić information content (AvgIpc) is 3.41. The Hall–Kier alpha value is -3.78. The van der Waals surface area contributed by atoms with Gasteiger partial charge in [0.15, 0.2) is 5.65 Å². The largest absolute Gasteiger partial charge is 0.374 e. The van der Waals surface area contributed by atoms with Crippen molar-refractivity contribution in [1.82, 2.24) is 30.1 Å². The van der Waals surface area contributed by atoms with Gasteiger partial charge >= 0.3 is 0 Å². The predicted molar refractivity (Wildman–Crippen MR) is 121 cm³/mol. The standard InChI is InChI=1S/C23H23N7O/c1-2-3-4-21(31)27-17-7-14(10-25-13-17)15-8-18-22(29-30-23(18)26-12-15)20-9-16-11-24-6-5-19(16)28-20/h5-13,21,27-28,31H,2-4H2,1H3,(H,26,29,30). The van der Waals surface area contributed by atoms with E-state index in [9.17, 15) is 5.11 Å². The van der Waals surface area contributed by atoms with E-state index in [4.69, 9.17) is 0 Å². The van der Waals surface area contributed by atoms with E-state index in [0.717, 1.165) is 57.3 Å². The second kappa shape index (κ2) is 8.16. The molecule has 5 aromatic rings. The highest BCUT2D eigenvalue weighted by molar-refractivity contribution is 5.95. The number of unbranched alkanes of at least 4 members (excludes halogenated alkanes) is 1. The molecule has 8 nitrogen and oxygen atoms in total. The molecule has 0 saturated heterocycles. The third kappa shape index (κ3) is 3.85. The molecule has 5 aromatic heterocycles. The molecule has 0 bridgehead atoms. The Morgan fingerprint density at radius 2 is 1.97 bits per heavy atom. The van der Waals surface area contributed by atoms with Crippen molar-refractivity contribution in [2.45, 2.75) is 32.4 Å². The summed E-state index contributed by atoms with van der Waals surface area (Å²) in [6.07, 6.45) is 11.0. The van der Waals surface area contributed by atoms with Crippen molar-refractivity contribution in [2.75, 3.05) is 5.32 Å². The molecule has 5 rings (SSSR count). The summed E-state index contributed by atoms with van der Waals surface area (Å²) in [5.74, 6) is 0. The molecule has 0 saturated carbocycles. The Bertz CT molecular complexity index is 1310. The van der Waals surface area contributed by atoms with E-state index in [1.165, 1.54) is 0 Å². The van der Waals surface area contributed by atoms with Crippen molar-refractivity contribution in [3.05, 3.63) is 55.2 Å². The van der Waals surface area contributed by atoms with Crippen LogP contribution in [0, 0.1) is 0 Å². The maximum Gasteiger partial charge on any atom is 0.181 e. The van der Waals surface area contributed by atoms with Crippen LogP contribution in [-0.4, -0.2) is 41.5 Å². The molecule has 0 amide bonds. The maximum absolute atomic E-state index is 10.2. The Morgan fingerprint density at radius 3 is 2.84 bits per heavy atom. The van der Waals surface area contributed by atoms with Crippen LogP contribution in [0.15, 0.2) is 55.2 Å². The van der Waals surface area contributed by atoms with Gasteiger partial charge in [-0.2, -0.15) is 5.10 Å². The quantitative estimate of drug-likeness (QED) is 0.292. The van der Waals surface area contributed by atoms with Crippen LogP contribution < -0.4 is 5.32 Å². The molecule has 0 aliphatic heterocycles. The number of anilines is 1. The van der Waals surface area contributed by atoms with Crippen molar-refractivity contribution in [3.63, 3.8) is 0 Å². The molecule has 0 spiro atoms. The third-order valence-corrected chi connectivity index (χ3v) is 5.34. The van der Waals surface area contributed by atoms with Crippen molar-refractivity contribution in [2.24, 2.45) is 0 Å². The Kier molecular flexibility index (Phi) is 5.05. The number of hydrogen-bond acceptors (Lipinski definition) is 6. The predicted octanol–water partition coefficient (Wildman–Crippen LogP) is 4.48. The van der Waals surface area contributed by atoms with Gasteiger partial charge < -0.3 is 15.4 Å².